The summed E-state index contributed by atoms with van der Waals surface area (Å²) in [5.41, 5.74) is 0. The van der Waals surface area contributed by atoms with Crippen molar-refractivity contribution in [3.05, 3.63) is 0 Å². The van der Waals surface area contributed by atoms with Crippen LogP contribution in [0.2, 0.25) is 0 Å². The second-order valence-corrected chi connectivity index (χ2v) is 4.80. The van der Waals surface area contributed by atoms with Crippen LogP contribution >= 0.6 is 0 Å². The molecule has 1 heteroatoms. The first-order chi connectivity index (χ1) is 6.97. The molecular weight excluding hydrogens is 172 g/mol. The van der Waals surface area contributed by atoms with Gasteiger partial charge in [0.15, 0.2) is 0 Å². The van der Waals surface area contributed by atoms with Gasteiger partial charge in [0.25, 0.3) is 0 Å². The SMILES string of the molecule is C1CCC(C2CCCCC2)CC1.C=O. The number of carbonyl (C=O) groups excluding carboxylic acids is 1. The largest absolute Gasteiger partial charge is 0.307 e. The smallest absolute Gasteiger partial charge is 0.106 e. The molecule has 2 aliphatic rings. The molecule has 2 fully saturated rings. The van der Waals surface area contributed by atoms with Crippen molar-refractivity contribution in [3.8, 4) is 0 Å². The van der Waals surface area contributed by atoms with E-state index in [4.69, 9.17) is 4.79 Å². The summed E-state index contributed by atoms with van der Waals surface area (Å²) in [5, 5.41) is 0. The van der Waals surface area contributed by atoms with Crippen molar-refractivity contribution in [2.24, 2.45) is 11.8 Å². The minimum Gasteiger partial charge on any atom is -0.307 e. The summed E-state index contributed by atoms with van der Waals surface area (Å²) in [7, 11) is 0. The van der Waals surface area contributed by atoms with Crippen molar-refractivity contribution in [1.29, 1.82) is 0 Å². The van der Waals surface area contributed by atoms with Gasteiger partial charge in [0, 0.05) is 0 Å². The molecule has 0 aromatic rings. The standard InChI is InChI=1S/C12H22.CH2O/c1-3-7-11(8-4-1)12-9-5-2-6-10-12;1-2/h11-12H,1-10H2;1H2. The summed E-state index contributed by atoms with van der Waals surface area (Å²) in [5.74, 6) is 2.28. The number of carbonyl (C=O) groups is 1. The van der Waals surface area contributed by atoms with Gasteiger partial charge in [0.1, 0.15) is 6.79 Å². The molecule has 0 bridgehead atoms. The second-order valence-electron chi connectivity index (χ2n) is 4.80. The van der Waals surface area contributed by atoms with Gasteiger partial charge >= 0.3 is 0 Å². The Kier molecular flexibility index (Phi) is 5.89. The number of hydrogen-bond acceptors (Lipinski definition) is 1. The third kappa shape index (κ3) is 3.43. The van der Waals surface area contributed by atoms with E-state index >= 15 is 0 Å². The van der Waals surface area contributed by atoms with E-state index in [0.29, 0.717) is 0 Å². The highest BCUT2D eigenvalue weighted by Gasteiger charge is 2.24. The zero-order chi connectivity index (χ0) is 10.2. The van der Waals surface area contributed by atoms with E-state index in [1.54, 1.807) is 25.7 Å². The molecule has 0 radical (unpaired) electrons. The van der Waals surface area contributed by atoms with Gasteiger partial charge in [-0.15, -0.1) is 0 Å². The molecule has 0 saturated heterocycles. The Labute approximate surface area is 88.3 Å². The van der Waals surface area contributed by atoms with Gasteiger partial charge in [0.05, 0.1) is 0 Å². The zero-order valence-corrected chi connectivity index (χ0v) is 9.34. The van der Waals surface area contributed by atoms with Gasteiger partial charge in [-0.1, -0.05) is 64.2 Å². The molecule has 0 aromatic carbocycles. The van der Waals surface area contributed by atoms with Crippen LogP contribution in [0.5, 0.6) is 0 Å². The summed E-state index contributed by atoms with van der Waals surface area (Å²) in [4.78, 5) is 8.00. The second kappa shape index (κ2) is 7.03. The third-order valence-corrected chi connectivity index (χ3v) is 3.97. The maximum Gasteiger partial charge on any atom is 0.106 e. The summed E-state index contributed by atoms with van der Waals surface area (Å²) in [6, 6.07) is 0. The molecule has 0 unspecified atom stereocenters. The summed E-state index contributed by atoms with van der Waals surface area (Å²) in [6.07, 6.45) is 15.4. The molecule has 0 aliphatic heterocycles. The van der Waals surface area contributed by atoms with Gasteiger partial charge in [-0.2, -0.15) is 0 Å². The molecule has 1 nitrogen and oxygen atoms in total. The van der Waals surface area contributed by atoms with Crippen LogP contribution in [-0.4, -0.2) is 6.79 Å². The zero-order valence-electron chi connectivity index (χ0n) is 9.34. The van der Waals surface area contributed by atoms with Crippen molar-refractivity contribution in [1.82, 2.24) is 0 Å². The summed E-state index contributed by atoms with van der Waals surface area (Å²) in [6.45, 7) is 2.00. The maximum atomic E-state index is 8.00. The van der Waals surface area contributed by atoms with Crippen molar-refractivity contribution in [2.45, 2.75) is 64.2 Å². The fraction of sp³-hybridized carbons (Fsp3) is 0.923. The van der Waals surface area contributed by atoms with E-state index < -0.39 is 0 Å². The molecule has 0 heterocycles. The van der Waals surface area contributed by atoms with Crippen LogP contribution in [0.15, 0.2) is 0 Å². The molecule has 0 aromatic heterocycles. The predicted octanol–water partition coefficient (Wildman–Crippen LogP) is 3.96. The van der Waals surface area contributed by atoms with Crippen molar-refractivity contribution >= 4 is 6.79 Å². The highest BCUT2D eigenvalue weighted by molar-refractivity contribution is 5.10. The minimum atomic E-state index is 1.14. The van der Waals surface area contributed by atoms with Crippen molar-refractivity contribution in [3.63, 3.8) is 0 Å². The molecule has 0 amide bonds. The van der Waals surface area contributed by atoms with Crippen LogP contribution in [0.3, 0.4) is 0 Å². The van der Waals surface area contributed by atoms with E-state index in [0.717, 1.165) is 11.8 Å². The van der Waals surface area contributed by atoms with Gasteiger partial charge in [-0.25, -0.2) is 0 Å². The van der Waals surface area contributed by atoms with Crippen molar-refractivity contribution in [2.75, 3.05) is 0 Å². The van der Waals surface area contributed by atoms with E-state index in [9.17, 15) is 0 Å². The fourth-order valence-electron chi connectivity index (χ4n) is 3.21. The quantitative estimate of drug-likeness (QED) is 0.620. The molecular formula is C13H24O. The normalized spacial score (nSPS) is 25.1. The number of hydrogen-bond donors (Lipinski definition) is 0. The Hall–Kier alpha value is -0.330. The lowest BCUT2D eigenvalue weighted by Crippen LogP contribution is -2.20. The Morgan fingerprint density at radius 2 is 0.857 bits per heavy atom. The van der Waals surface area contributed by atoms with Gasteiger partial charge in [-0.05, 0) is 11.8 Å². The third-order valence-electron chi connectivity index (χ3n) is 3.97. The molecule has 0 spiro atoms. The van der Waals surface area contributed by atoms with Crippen LogP contribution < -0.4 is 0 Å². The first-order valence-corrected chi connectivity index (χ1v) is 6.26. The van der Waals surface area contributed by atoms with E-state index in [1.165, 1.54) is 38.5 Å². The molecule has 0 N–H and O–H groups in total. The van der Waals surface area contributed by atoms with Gasteiger partial charge < -0.3 is 4.79 Å². The minimum absolute atomic E-state index is 1.14. The van der Waals surface area contributed by atoms with E-state index in [2.05, 4.69) is 0 Å². The maximum absolute atomic E-state index is 8.00. The lowest BCUT2D eigenvalue weighted by Gasteiger charge is -2.32. The molecule has 0 atom stereocenters. The van der Waals surface area contributed by atoms with Crippen molar-refractivity contribution < 1.29 is 4.79 Å². The van der Waals surface area contributed by atoms with Crippen LogP contribution in [0.1, 0.15) is 64.2 Å². The van der Waals surface area contributed by atoms with Crippen LogP contribution in [0.4, 0.5) is 0 Å². The highest BCUT2D eigenvalue weighted by atomic mass is 16.1. The topological polar surface area (TPSA) is 17.1 Å². The molecule has 14 heavy (non-hydrogen) atoms. The lowest BCUT2D eigenvalue weighted by atomic mass is 9.73. The van der Waals surface area contributed by atoms with Gasteiger partial charge in [-0.3, -0.25) is 0 Å². The fourth-order valence-corrected chi connectivity index (χ4v) is 3.21. The molecule has 2 saturated carbocycles. The van der Waals surface area contributed by atoms with Crippen LogP contribution in [0, 0.1) is 11.8 Å². The molecule has 2 aliphatic carbocycles. The van der Waals surface area contributed by atoms with Gasteiger partial charge in [0.2, 0.25) is 0 Å². The highest BCUT2D eigenvalue weighted by Crippen LogP contribution is 2.37. The Morgan fingerprint density at radius 1 is 0.571 bits per heavy atom. The van der Waals surface area contributed by atoms with Crippen LogP contribution in [-0.2, 0) is 4.79 Å². The average Bonchev–Trinajstić information content (AvgIpc) is 2.34. The molecule has 82 valence electrons. The molecule has 2 rings (SSSR count). The first-order valence-electron chi connectivity index (χ1n) is 6.26. The summed E-state index contributed by atoms with van der Waals surface area (Å²) < 4.78 is 0. The van der Waals surface area contributed by atoms with E-state index in [1.807, 2.05) is 6.79 Å². The summed E-state index contributed by atoms with van der Waals surface area (Å²) >= 11 is 0. The van der Waals surface area contributed by atoms with E-state index in [-0.39, 0.29) is 0 Å². The lowest BCUT2D eigenvalue weighted by molar-refractivity contribution is -0.0979. The monoisotopic (exact) mass is 196 g/mol. The number of rotatable bonds is 1. The average molecular weight is 196 g/mol. The Morgan fingerprint density at radius 3 is 1.14 bits per heavy atom. The Bertz CT molecular complexity index is 116. The Balaban J connectivity index is 0.000000461. The predicted molar refractivity (Wildman–Crippen MR) is 60.3 cm³/mol. The van der Waals surface area contributed by atoms with Crippen LogP contribution in [0.25, 0.3) is 0 Å². The first kappa shape index (κ1) is 11.7.